The van der Waals surface area contributed by atoms with Crippen LogP contribution in [0.3, 0.4) is 0 Å². The third-order valence-corrected chi connectivity index (χ3v) is 6.79. The van der Waals surface area contributed by atoms with Crippen molar-refractivity contribution in [3.63, 3.8) is 0 Å². The molecule has 1 saturated carbocycles. The van der Waals surface area contributed by atoms with E-state index in [0.717, 1.165) is 29.7 Å². The molecule has 6 nitrogen and oxygen atoms in total. The second kappa shape index (κ2) is 8.20. The van der Waals surface area contributed by atoms with E-state index in [9.17, 15) is 22.8 Å². The molecule has 33 heavy (non-hydrogen) atoms. The van der Waals surface area contributed by atoms with E-state index in [1.807, 2.05) is 0 Å². The lowest BCUT2D eigenvalue weighted by molar-refractivity contribution is -0.136. The molecule has 0 spiro atoms. The molecule has 0 unspecified atom stereocenters. The number of imidazole rings is 1. The van der Waals surface area contributed by atoms with Gasteiger partial charge in [0.2, 0.25) is 0 Å². The lowest BCUT2D eigenvalue weighted by atomic mass is 9.99. The number of carbonyl (C=O) groups is 2. The third-order valence-electron chi connectivity index (χ3n) is 6.43. The van der Waals surface area contributed by atoms with E-state index in [2.05, 4.69) is 4.98 Å². The van der Waals surface area contributed by atoms with Gasteiger partial charge in [0.05, 0.1) is 18.1 Å². The minimum absolute atomic E-state index is 0.168. The summed E-state index contributed by atoms with van der Waals surface area (Å²) in [5.41, 5.74) is -0.929. The maximum absolute atomic E-state index is 13.8. The second-order valence-corrected chi connectivity index (χ2v) is 9.14. The normalized spacial score (nSPS) is 18.9. The van der Waals surface area contributed by atoms with Gasteiger partial charge < -0.3 is 9.32 Å². The molecule has 1 atom stereocenters. The van der Waals surface area contributed by atoms with Crippen LogP contribution in [0.5, 0.6) is 0 Å². The van der Waals surface area contributed by atoms with Gasteiger partial charge in [-0.15, -0.1) is 0 Å². The number of likely N-dealkylation sites (tertiary alicyclic amines) is 1. The number of rotatable bonds is 6. The Labute approximate surface area is 192 Å². The van der Waals surface area contributed by atoms with E-state index in [1.165, 1.54) is 24.8 Å². The van der Waals surface area contributed by atoms with Gasteiger partial charge in [0.15, 0.2) is 11.3 Å². The number of halogens is 4. The highest BCUT2D eigenvalue weighted by Crippen LogP contribution is 2.38. The van der Waals surface area contributed by atoms with E-state index >= 15 is 0 Å². The summed E-state index contributed by atoms with van der Waals surface area (Å²) in [5, 5.41) is -0.168. The number of alkyl halides is 3. The molecule has 1 amide bonds. The van der Waals surface area contributed by atoms with Crippen LogP contribution in [0.1, 0.15) is 48.2 Å². The summed E-state index contributed by atoms with van der Waals surface area (Å²) >= 11 is 6.38. The zero-order valence-electron chi connectivity index (χ0n) is 17.6. The zero-order valence-corrected chi connectivity index (χ0v) is 18.3. The molecular weight excluding hydrogens is 459 g/mol. The molecule has 1 aliphatic heterocycles. The van der Waals surface area contributed by atoms with E-state index in [1.54, 1.807) is 4.90 Å². The number of fused-ring (bicyclic) bond motifs is 1. The zero-order chi connectivity index (χ0) is 23.3. The maximum Gasteiger partial charge on any atom is 0.420 e. The van der Waals surface area contributed by atoms with Crippen molar-refractivity contribution in [1.29, 1.82) is 0 Å². The summed E-state index contributed by atoms with van der Waals surface area (Å²) in [7, 11) is 0. The predicted octanol–water partition coefficient (Wildman–Crippen LogP) is 5.49. The molecule has 0 bridgehead atoms. The molecule has 174 valence electrons. The number of hydrogen-bond acceptors (Lipinski definition) is 4. The molecule has 0 aromatic carbocycles. The summed E-state index contributed by atoms with van der Waals surface area (Å²) in [4.78, 5) is 30.7. The van der Waals surface area contributed by atoms with Gasteiger partial charge in [0.25, 0.3) is 5.91 Å². The van der Waals surface area contributed by atoms with Gasteiger partial charge in [-0.25, -0.2) is 4.98 Å². The van der Waals surface area contributed by atoms with Crippen molar-refractivity contribution < 1.29 is 27.2 Å². The topological polar surface area (TPSA) is 67.8 Å². The van der Waals surface area contributed by atoms with Crippen LogP contribution in [0.4, 0.5) is 13.2 Å². The predicted molar refractivity (Wildman–Crippen MR) is 114 cm³/mol. The fraction of sp³-hybridized carbons (Fsp3) is 0.435. The van der Waals surface area contributed by atoms with Crippen molar-refractivity contribution in [1.82, 2.24) is 14.3 Å². The Morgan fingerprint density at radius 3 is 2.67 bits per heavy atom. The van der Waals surface area contributed by atoms with Gasteiger partial charge in [0, 0.05) is 42.8 Å². The number of furan rings is 1. The summed E-state index contributed by atoms with van der Waals surface area (Å²) in [6.45, 7) is 0.894. The van der Waals surface area contributed by atoms with Gasteiger partial charge in [0.1, 0.15) is 10.9 Å². The SMILES string of the molecule is O=C(CC[C@@H]1CCN(C(=O)c2nc3c(C(F)(F)F)cc(-c4ccoc4)cn3c2Cl)C1)C1CC1. The Morgan fingerprint density at radius 2 is 2.00 bits per heavy atom. The third kappa shape index (κ3) is 4.26. The maximum atomic E-state index is 13.8. The monoisotopic (exact) mass is 479 g/mol. The van der Waals surface area contributed by atoms with Crippen molar-refractivity contribution in [3.8, 4) is 11.1 Å². The molecule has 10 heteroatoms. The summed E-state index contributed by atoms with van der Waals surface area (Å²) in [6, 6.07) is 2.51. The number of carbonyl (C=O) groups excluding carboxylic acids is 2. The molecule has 0 radical (unpaired) electrons. The molecule has 2 aliphatic rings. The minimum Gasteiger partial charge on any atom is -0.472 e. The van der Waals surface area contributed by atoms with Crippen molar-refractivity contribution in [3.05, 3.63) is 47.3 Å². The van der Waals surface area contributed by atoms with Crippen LogP contribution in [-0.4, -0.2) is 39.1 Å². The van der Waals surface area contributed by atoms with Crippen LogP contribution < -0.4 is 0 Å². The Morgan fingerprint density at radius 1 is 1.21 bits per heavy atom. The molecule has 1 saturated heterocycles. The summed E-state index contributed by atoms with van der Waals surface area (Å²) in [6.07, 6.45) is 3.33. The first-order chi connectivity index (χ1) is 15.7. The fourth-order valence-corrected chi connectivity index (χ4v) is 4.66. The van der Waals surface area contributed by atoms with Gasteiger partial charge in [-0.3, -0.25) is 14.0 Å². The number of nitrogens with zero attached hydrogens (tertiary/aromatic N) is 3. The highest BCUT2D eigenvalue weighted by atomic mass is 35.5. The van der Waals surface area contributed by atoms with Crippen LogP contribution in [-0.2, 0) is 11.0 Å². The summed E-state index contributed by atoms with van der Waals surface area (Å²) < 4.78 is 47.5. The quantitative estimate of drug-likeness (QED) is 0.469. The largest absolute Gasteiger partial charge is 0.472 e. The van der Waals surface area contributed by atoms with E-state index in [-0.39, 0.29) is 34.0 Å². The molecule has 0 N–H and O–H groups in total. The lowest BCUT2D eigenvalue weighted by Crippen LogP contribution is -2.29. The Bertz CT molecular complexity index is 1220. The Kier molecular flexibility index (Phi) is 5.47. The smallest absolute Gasteiger partial charge is 0.420 e. The van der Waals surface area contributed by atoms with Gasteiger partial charge in [-0.1, -0.05) is 11.6 Å². The highest BCUT2D eigenvalue weighted by molar-refractivity contribution is 6.33. The van der Waals surface area contributed by atoms with Crippen LogP contribution in [0.2, 0.25) is 5.15 Å². The van der Waals surface area contributed by atoms with Crippen molar-refractivity contribution in [2.24, 2.45) is 11.8 Å². The standard InChI is InChI=1S/C23H21ClF3N3O3/c24-20-19(22(32)29-7-5-13(10-29)1-4-18(31)14-2-3-14)28-21-17(23(25,26)27)9-16(11-30(20)21)15-6-8-33-12-15/h6,8-9,11-14H,1-5,7,10H2/t13-/m1/s1. The molecule has 1 aliphatic carbocycles. The van der Waals surface area contributed by atoms with Gasteiger partial charge in [-0.05, 0) is 43.7 Å². The molecule has 3 aromatic rings. The fourth-order valence-electron chi connectivity index (χ4n) is 4.41. The van der Waals surface area contributed by atoms with Crippen LogP contribution in [0.25, 0.3) is 16.8 Å². The number of pyridine rings is 1. The average Bonchev–Trinajstić information content (AvgIpc) is 3.16. The van der Waals surface area contributed by atoms with Crippen molar-refractivity contribution >= 4 is 28.9 Å². The van der Waals surface area contributed by atoms with Crippen LogP contribution in [0, 0.1) is 11.8 Å². The Hall–Kier alpha value is -2.81. The second-order valence-electron chi connectivity index (χ2n) is 8.78. The van der Waals surface area contributed by atoms with Gasteiger partial charge in [-0.2, -0.15) is 13.2 Å². The van der Waals surface area contributed by atoms with E-state index in [4.69, 9.17) is 16.0 Å². The average molecular weight is 480 g/mol. The van der Waals surface area contributed by atoms with Crippen LogP contribution in [0.15, 0.2) is 35.3 Å². The number of hydrogen-bond donors (Lipinski definition) is 0. The first-order valence-corrected chi connectivity index (χ1v) is 11.2. The summed E-state index contributed by atoms with van der Waals surface area (Å²) in [5.74, 6) is 0.190. The van der Waals surface area contributed by atoms with Crippen molar-refractivity contribution in [2.75, 3.05) is 13.1 Å². The number of aromatic nitrogens is 2. The Balaban J connectivity index is 1.42. The molecule has 4 heterocycles. The highest BCUT2D eigenvalue weighted by Gasteiger charge is 2.37. The van der Waals surface area contributed by atoms with E-state index < -0.39 is 23.3 Å². The van der Waals surface area contributed by atoms with Crippen molar-refractivity contribution in [2.45, 2.75) is 38.3 Å². The number of amides is 1. The first-order valence-electron chi connectivity index (χ1n) is 10.9. The number of Topliss-reactive ketones (excluding diaryl/α,β-unsaturated/α-hetero) is 1. The first kappa shape index (κ1) is 22.0. The van der Waals surface area contributed by atoms with Gasteiger partial charge >= 0.3 is 6.18 Å². The molecule has 3 aromatic heterocycles. The minimum atomic E-state index is -4.69. The van der Waals surface area contributed by atoms with E-state index in [0.29, 0.717) is 31.5 Å². The van der Waals surface area contributed by atoms with Crippen LogP contribution >= 0.6 is 11.6 Å². The number of ketones is 1. The lowest BCUT2D eigenvalue weighted by Gasteiger charge is -2.15. The molecular formula is C23H21ClF3N3O3. The molecule has 5 rings (SSSR count). The molecule has 2 fully saturated rings.